The van der Waals surface area contributed by atoms with Gasteiger partial charge < -0.3 is 5.32 Å². The first-order valence-electron chi connectivity index (χ1n) is 9.72. The van der Waals surface area contributed by atoms with Crippen LogP contribution in [0.25, 0.3) is 0 Å². The zero-order valence-electron chi connectivity index (χ0n) is 17.8. The average Bonchev–Trinajstić information content (AvgIpc) is 2.76. The molecule has 3 aromatic rings. The van der Waals surface area contributed by atoms with Gasteiger partial charge in [0.15, 0.2) is 11.6 Å². The Hall–Kier alpha value is -3.87. The van der Waals surface area contributed by atoms with Crippen LogP contribution in [0.4, 0.5) is 33.5 Å². The number of amides is 1. The number of rotatable bonds is 7. The van der Waals surface area contributed by atoms with Gasteiger partial charge in [-0.05, 0) is 48.0 Å². The van der Waals surface area contributed by atoms with Crippen LogP contribution in [0.15, 0.2) is 59.6 Å². The molecule has 1 heterocycles. The molecule has 1 aromatic heterocycles. The highest BCUT2D eigenvalue weighted by Gasteiger charge is 2.31. The van der Waals surface area contributed by atoms with E-state index in [9.17, 15) is 40.0 Å². The summed E-state index contributed by atoms with van der Waals surface area (Å²) in [5.41, 5.74) is -2.60. The van der Waals surface area contributed by atoms with Gasteiger partial charge >= 0.3 is 6.18 Å². The Bertz CT molecular complexity index is 1370. The molecule has 0 bridgehead atoms. The van der Waals surface area contributed by atoms with E-state index in [2.05, 4.69) is 10.3 Å². The molecule has 0 aliphatic carbocycles. The quantitative estimate of drug-likeness (QED) is 0.356. The van der Waals surface area contributed by atoms with Crippen LogP contribution in [0.3, 0.4) is 0 Å². The van der Waals surface area contributed by atoms with Crippen molar-refractivity contribution in [1.82, 2.24) is 4.98 Å². The van der Waals surface area contributed by atoms with Crippen LogP contribution >= 0.6 is 0 Å². The number of carbonyl (C=O) groups is 2. The number of Topliss-reactive ketones (excluding diaryl/α,β-unsaturated/α-hetero) is 1. The van der Waals surface area contributed by atoms with Crippen LogP contribution in [0, 0.1) is 11.6 Å². The fraction of sp³-hybridized carbons (Fsp3) is 0.136. The van der Waals surface area contributed by atoms with Gasteiger partial charge in [-0.15, -0.1) is 0 Å². The number of hydrogen-bond acceptors (Lipinski definition) is 5. The normalized spacial score (nSPS) is 11.7. The minimum absolute atomic E-state index is 0.200. The summed E-state index contributed by atoms with van der Waals surface area (Å²) in [6.07, 6.45) is -3.96. The third-order valence-electron chi connectivity index (χ3n) is 4.60. The lowest BCUT2D eigenvalue weighted by molar-refractivity contribution is -0.137. The molecular formula is C22H16F5N3O4S. The number of nitrogens with zero attached hydrogens (tertiary/aromatic N) is 1. The average molecular weight is 513 g/mol. The van der Waals surface area contributed by atoms with E-state index in [4.69, 9.17) is 0 Å². The van der Waals surface area contributed by atoms with E-state index in [1.54, 1.807) is 0 Å². The van der Waals surface area contributed by atoms with Crippen LogP contribution < -0.4 is 10.0 Å². The van der Waals surface area contributed by atoms with Crippen molar-refractivity contribution in [3.05, 3.63) is 83.1 Å². The van der Waals surface area contributed by atoms with Crippen molar-refractivity contribution in [3.8, 4) is 0 Å². The van der Waals surface area contributed by atoms with Crippen molar-refractivity contribution in [2.75, 3.05) is 10.0 Å². The lowest BCUT2D eigenvalue weighted by atomic mass is 10.0. The highest BCUT2D eigenvalue weighted by atomic mass is 32.2. The van der Waals surface area contributed by atoms with Gasteiger partial charge in [0.2, 0.25) is 5.91 Å². The van der Waals surface area contributed by atoms with Gasteiger partial charge in [-0.3, -0.25) is 14.3 Å². The highest BCUT2D eigenvalue weighted by Crippen LogP contribution is 2.30. The van der Waals surface area contributed by atoms with E-state index in [-0.39, 0.29) is 17.3 Å². The van der Waals surface area contributed by atoms with Crippen LogP contribution in [0.2, 0.25) is 0 Å². The number of anilines is 2. The molecule has 184 valence electrons. The van der Waals surface area contributed by atoms with Gasteiger partial charge in [-0.25, -0.2) is 22.2 Å². The van der Waals surface area contributed by atoms with Crippen molar-refractivity contribution >= 4 is 33.2 Å². The van der Waals surface area contributed by atoms with E-state index in [0.717, 1.165) is 6.07 Å². The van der Waals surface area contributed by atoms with Gasteiger partial charge in [-0.1, -0.05) is 6.07 Å². The molecule has 0 radical (unpaired) electrons. The molecule has 0 saturated carbocycles. The second-order valence-corrected chi connectivity index (χ2v) is 8.93. The first kappa shape index (κ1) is 25.7. The summed E-state index contributed by atoms with van der Waals surface area (Å²) in [5.74, 6) is -3.93. The molecule has 2 aromatic carbocycles. The van der Waals surface area contributed by atoms with Crippen molar-refractivity contribution in [1.29, 1.82) is 0 Å². The summed E-state index contributed by atoms with van der Waals surface area (Å²) in [4.78, 5) is 26.9. The zero-order chi connectivity index (χ0) is 26.0. The molecule has 0 saturated heterocycles. The smallest absolute Gasteiger partial charge is 0.311 e. The molecule has 0 fully saturated rings. The van der Waals surface area contributed by atoms with Crippen molar-refractivity contribution in [3.63, 3.8) is 0 Å². The molecule has 1 amide bonds. The Labute approximate surface area is 196 Å². The summed E-state index contributed by atoms with van der Waals surface area (Å²) in [7, 11) is -4.56. The molecule has 0 unspecified atom stereocenters. The Kier molecular flexibility index (Phi) is 7.19. The molecular weight excluding hydrogens is 497 g/mol. The molecule has 2 N–H and O–H groups in total. The maximum Gasteiger partial charge on any atom is 0.416 e. The van der Waals surface area contributed by atoms with Gasteiger partial charge in [0.25, 0.3) is 10.0 Å². The van der Waals surface area contributed by atoms with Crippen LogP contribution in [-0.4, -0.2) is 25.1 Å². The number of pyridine rings is 1. The number of ketones is 1. The van der Waals surface area contributed by atoms with Crippen molar-refractivity contribution in [2.45, 2.75) is 24.4 Å². The third-order valence-corrected chi connectivity index (χ3v) is 5.98. The second kappa shape index (κ2) is 9.78. The lowest BCUT2D eigenvalue weighted by Gasteiger charge is -2.13. The Balaban J connectivity index is 1.84. The van der Waals surface area contributed by atoms with Crippen molar-refractivity contribution < 1.29 is 40.0 Å². The summed E-state index contributed by atoms with van der Waals surface area (Å²) in [5, 5.41) is 2.41. The van der Waals surface area contributed by atoms with Crippen LogP contribution in [0.1, 0.15) is 28.4 Å². The summed E-state index contributed by atoms with van der Waals surface area (Å²) < 4.78 is 94.2. The standard InChI is InChI=1S/C22H16F5N3O4S/c1-12(31)29-19-9-2-13(11-28-19)10-18(32)20-16(23)7-8-17(21(20)24)30-35(33,34)15-5-3-14(4-6-15)22(25,26)27/h2-9,11,30H,10H2,1H3,(H,28,29,31). The molecule has 0 atom stereocenters. The molecule has 0 aliphatic rings. The maximum absolute atomic E-state index is 15.0. The summed E-state index contributed by atoms with van der Waals surface area (Å²) >= 11 is 0. The minimum atomic E-state index is -4.69. The van der Waals surface area contributed by atoms with Gasteiger partial charge in [0.05, 0.1) is 21.7 Å². The number of halogens is 5. The van der Waals surface area contributed by atoms with E-state index in [1.807, 2.05) is 4.72 Å². The monoisotopic (exact) mass is 513 g/mol. The second-order valence-electron chi connectivity index (χ2n) is 7.24. The molecule has 0 aliphatic heterocycles. The predicted molar refractivity (Wildman–Crippen MR) is 115 cm³/mol. The molecule has 3 rings (SSSR count). The fourth-order valence-corrected chi connectivity index (χ4v) is 4.03. The SMILES string of the molecule is CC(=O)Nc1ccc(CC(=O)c2c(F)ccc(NS(=O)(=O)c3ccc(C(F)(F)F)cc3)c2F)cn1. The third kappa shape index (κ3) is 6.18. The molecule has 35 heavy (non-hydrogen) atoms. The van der Waals surface area contributed by atoms with Gasteiger partial charge in [-0.2, -0.15) is 13.2 Å². The number of carbonyl (C=O) groups excluding carboxylic acids is 2. The van der Waals surface area contributed by atoms with Gasteiger partial charge in [0, 0.05) is 19.5 Å². The topological polar surface area (TPSA) is 105 Å². The molecule has 0 spiro atoms. The summed E-state index contributed by atoms with van der Waals surface area (Å²) in [6, 6.07) is 6.64. The van der Waals surface area contributed by atoms with Crippen LogP contribution in [0.5, 0.6) is 0 Å². The van der Waals surface area contributed by atoms with E-state index >= 15 is 0 Å². The van der Waals surface area contributed by atoms with Crippen LogP contribution in [-0.2, 0) is 27.4 Å². The molecule has 7 nitrogen and oxygen atoms in total. The lowest BCUT2D eigenvalue weighted by Crippen LogP contribution is -2.17. The van der Waals surface area contributed by atoms with E-state index < -0.39 is 61.7 Å². The Morgan fingerprint density at radius 3 is 2.17 bits per heavy atom. The first-order valence-corrected chi connectivity index (χ1v) is 11.2. The number of hydrogen-bond donors (Lipinski definition) is 2. The Morgan fingerprint density at radius 1 is 0.971 bits per heavy atom. The maximum atomic E-state index is 15.0. The number of aromatic nitrogens is 1. The number of alkyl halides is 3. The minimum Gasteiger partial charge on any atom is -0.311 e. The van der Waals surface area contributed by atoms with Crippen molar-refractivity contribution in [2.24, 2.45) is 0 Å². The number of nitrogens with one attached hydrogen (secondary N) is 2. The van der Waals surface area contributed by atoms with E-state index in [0.29, 0.717) is 30.3 Å². The number of benzene rings is 2. The number of sulfonamides is 1. The fourth-order valence-electron chi connectivity index (χ4n) is 2.97. The Morgan fingerprint density at radius 2 is 1.63 bits per heavy atom. The zero-order valence-corrected chi connectivity index (χ0v) is 18.6. The highest BCUT2D eigenvalue weighted by molar-refractivity contribution is 7.92. The van der Waals surface area contributed by atoms with Gasteiger partial charge in [0.1, 0.15) is 11.6 Å². The first-order chi connectivity index (χ1) is 16.3. The molecule has 13 heteroatoms. The predicted octanol–water partition coefficient (Wildman–Crippen LogP) is 4.56. The summed E-state index contributed by atoms with van der Waals surface area (Å²) in [6.45, 7) is 1.27. The largest absolute Gasteiger partial charge is 0.416 e. The van der Waals surface area contributed by atoms with E-state index in [1.165, 1.54) is 25.3 Å².